The molecule has 0 aliphatic heterocycles. The van der Waals surface area contributed by atoms with Crippen LogP contribution in [0, 0.1) is 0 Å². The Morgan fingerprint density at radius 1 is 0.455 bits per heavy atom. The molecule has 0 unspecified atom stereocenters. The van der Waals surface area contributed by atoms with Gasteiger partial charge in [0.2, 0.25) is 0 Å². The molecule has 6 rings (SSSR count). The van der Waals surface area contributed by atoms with Gasteiger partial charge in [-0.2, -0.15) is 0 Å². The maximum Gasteiger partial charge on any atom is 0.159 e. The second-order valence-corrected chi connectivity index (χ2v) is 7.38. The third-order valence-electron chi connectivity index (χ3n) is 6.45. The van der Waals surface area contributed by atoms with Gasteiger partial charge in [-0.1, -0.05) is 11.1 Å². The van der Waals surface area contributed by atoms with Gasteiger partial charge in [-0.05, 0) is 72.0 Å². The Labute approximate surface area is 129 Å². The molecule has 0 spiro atoms. The molecule has 0 amide bonds. The fraction of sp³-hybridized carbons (Fsp3) is 0.400. The highest BCUT2D eigenvalue weighted by atomic mass is 16.1. The molecule has 0 atom stereocenters. The molecule has 2 heteroatoms. The van der Waals surface area contributed by atoms with E-state index < -0.39 is 0 Å². The number of hydrogen-bond acceptors (Lipinski definition) is 2. The van der Waals surface area contributed by atoms with Crippen LogP contribution in [0.2, 0.25) is 0 Å². The van der Waals surface area contributed by atoms with Crippen LogP contribution in [0.15, 0.2) is 55.7 Å². The van der Waals surface area contributed by atoms with Gasteiger partial charge in [0.1, 0.15) is 0 Å². The highest BCUT2D eigenvalue weighted by Gasteiger charge is 2.45. The van der Waals surface area contributed by atoms with Gasteiger partial charge in [-0.25, -0.2) is 0 Å². The summed E-state index contributed by atoms with van der Waals surface area (Å²) in [6.45, 7) is 0. The van der Waals surface area contributed by atoms with E-state index in [2.05, 4.69) is 0 Å². The average molecular weight is 288 g/mol. The number of fused-ring (bicyclic) bond motifs is 4. The predicted octanol–water partition coefficient (Wildman–Crippen LogP) is 3.81. The zero-order valence-corrected chi connectivity index (χ0v) is 12.5. The molecule has 108 valence electrons. The Bertz CT molecular complexity index is 822. The molecule has 0 aromatic carbocycles. The molecule has 6 aliphatic rings. The summed E-state index contributed by atoms with van der Waals surface area (Å²) < 4.78 is 0. The third kappa shape index (κ3) is 1.13. The van der Waals surface area contributed by atoms with Crippen molar-refractivity contribution in [3.63, 3.8) is 0 Å². The minimum absolute atomic E-state index is 0.386. The summed E-state index contributed by atoms with van der Waals surface area (Å²) in [5.41, 5.74) is 14.0. The number of allylic oxidation sites excluding steroid dienone is 10. The first kappa shape index (κ1) is 11.6. The first-order valence-electron chi connectivity index (χ1n) is 8.40. The van der Waals surface area contributed by atoms with Crippen molar-refractivity contribution in [1.82, 2.24) is 0 Å². The fourth-order valence-corrected chi connectivity index (χ4v) is 5.62. The molecule has 0 saturated heterocycles. The summed E-state index contributed by atoms with van der Waals surface area (Å²) in [7, 11) is 0. The van der Waals surface area contributed by atoms with E-state index in [0.29, 0.717) is 11.6 Å². The Morgan fingerprint density at radius 3 is 1.32 bits per heavy atom. The van der Waals surface area contributed by atoms with E-state index in [1.165, 1.54) is 44.6 Å². The van der Waals surface area contributed by atoms with Crippen LogP contribution in [0.1, 0.15) is 51.4 Å². The van der Waals surface area contributed by atoms with Gasteiger partial charge in [-0.15, -0.1) is 0 Å². The second-order valence-electron chi connectivity index (χ2n) is 7.38. The number of hydrogen-bond donors (Lipinski definition) is 0. The SMILES string of the molecule is O=C1CCC2=C1CC1=C2C2=C(C1)C1=C(CC3=C1CCC3=O)C2. The van der Waals surface area contributed by atoms with Crippen molar-refractivity contribution in [3.8, 4) is 0 Å². The van der Waals surface area contributed by atoms with Gasteiger partial charge in [0.25, 0.3) is 0 Å². The van der Waals surface area contributed by atoms with Gasteiger partial charge in [0, 0.05) is 24.0 Å². The summed E-state index contributed by atoms with van der Waals surface area (Å²) in [6, 6.07) is 0. The molecule has 0 saturated carbocycles. The van der Waals surface area contributed by atoms with Crippen LogP contribution in [0.25, 0.3) is 0 Å². The molecule has 0 radical (unpaired) electrons. The first-order valence-corrected chi connectivity index (χ1v) is 8.40. The zero-order chi connectivity index (χ0) is 14.6. The van der Waals surface area contributed by atoms with E-state index in [0.717, 1.165) is 62.5 Å². The summed E-state index contributed by atoms with van der Waals surface area (Å²) in [6.07, 6.45) is 7.25. The van der Waals surface area contributed by atoms with Crippen molar-refractivity contribution < 1.29 is 9.59 Å². The third-order valence-corrected chi connectivity index (χ3v) is 6.45. The lowest BCUT2D eigenvalue weighted by Crippen LogP contribution is -1.97. The fourth-order valence-electron chi connectivity index (χ4n) is 5.62. The normalized spacial score (nSPS) is 28.5. The van der Waals surface area contributed by atoms with Crippen LogP contribution in [-0.2, 0) is 9.59 Å². The second kappa shape index (κ2) is 3.51. The minimum atomic E-state index is 0.386. The number of ketones is 2. The Balaban J connectivity index is 1.46. The molecule has 0 aromatic rings. The van der Waals surface area contributed by atoms with E-state index >= 15 is 0 Å². The van der Waals surface area contributed by atoms with Crippen LogP contribution in [0.4, 0.5) is 0 Å². The summed E-state index contributed by atoms with van der Waals surface area (Å²) in [5, 5.41) is 0. The van der Waals surface area contributed by atoms with Gasteiger partial charge in [-0.3, -0.25) is 9.59 Å². The molecule has 0 bridgehead atoms. The molecular weight excluding hydrogens is 272 g/mol. The van der Waals surface area contributed by atoms with Gasteiger partial charge < -0.3 is 0 Å². The maximum atomic E-state index is 12.0. The van der Waals surface area contributed by atoms with Crippen LogP contribution >= 0.6 is 0 Å². The van der Waals surface area contributed by atoms with Crippen LogP contribution < -0.4 is 0 Å². The van der Waals surface area contributed by atoms with Gasteiger partial charge in [0.15, 0.2) is 11.6 Å². The Hall–Kier alpha value is -1.96. The molecule has 2 nitrogen and oxygen atoms in total. The molecule has 0 N–H and O–H groups in total. The van der Waals surface area contributed by atoms with Crippen LogP contribution in [-0.4, -0.2) is 11.6 Å². The molecule has 0 fully saturated rings. The minimum Gasteiger partial charge on any atom is -0.295 e. The van der Waals surface area contributed by atoms with E-state index in [9.17, 15) is 9.59 Å². The molecule has 6 aliphatic carbocycles. The quantitative estimate of drug-likeness (QED) is 0.679. The van der Waals surface area contributed by atoms with Crippen molar-refractivity contribution in [2.75, 3.05) is 0 Å². The van der Waals surface area contributed by atoms with Crippen LogP contribution in [0.3, 0.4) is 0 Å². The molecular formula is C20H16O2. The van der Waals surface area contributed by atoms with Crippen molar-refractivity contribution in [2.24, 2.45) is 0 Å². The highest BCUT2D eigenvalue weighted by Crippen LogP contribution is 2.60. The van der Waals surface area contributed by atoms with Crippen molar-refractivity contribution in [2.45, 2.75) is 51.4 Å². The average Bonchev–Trinajstić information content (AvgIpc) is 3.23. The number of Topliss-reactive ketones (excluding diaryl/α,β-unsaturated/α-hetero) is 2. The van der Waals surface area contributed by atoms with Gasteiger partial charge in [0.05, 0.1) is 0 Å². The Kier molecular flexibility index (Phi) is 1.85. The van der Waals surface area contributed by atoms with E-state index in [1.807, 2.05) is 0 Å². The van der Waals surface area contributed by atoms with E-state index in [4.69, 9.17) is 0 Å². The van der Waals surface area contributed by atoms with Crippen molar-refractivity contribution in [3.05, 3.63) is 55.7 Å². The smallest absolute Gasteiger partial charge is 0.159 e. The van der Waals surface area contributed by atoms with E-state index in [-0.39, 0.29) is 0 Å². The lowest BCUT2D eigenvalue weighted by atomic mass is 9.94. The molecule has 22 heavy (non-hydrogen) atoms. The largest absolute Gasteiger partial charge is 0.295 e. The van der Waals surface area contributed by atoms with Crippen LogP contribution in [0.5, 0.6) is 0 Å². The summed E-state index contributed by atoms with van der Waals surface area (Å²) >= 11 is 0. The van der Waals surface area contributed by atoms with E-state index in [1.54, 1.807) is 0 Å². The lowest BCUT2D eigenvalue weighted by Gasteiger charge is -2.09. The summed E-state index contributed by atoms with van der Waals surface area (Å²) in [5.74, 6) is 0.771. The molecule has 0 heterocycles. The highest BCUT2D eigenvalue weighted by molar-refractivity contribution is 6.04. The zero-order valence-electron chi connectivity index (χ0n) is 12.5. The standard InChI is InChI=1S/C20H16O2/c21-17-3-1-11-13(17)5-9-7-16-15(19(9)11)8-10-6-14-12(20(10)16)2-4-18(14)22/h1-8H2. The topological polar surface area (TPSA) is 34.1 Å². The van der Waals surface area contributed by atoms with Gasteiger partial charge >= 0.3 is 0 Å². The number of carbonyl (C=O) groups is 2. The summed E-state index contributed by atoms with van der Waals surface area (Å²) in [4.78, 5) is 24.0. The monoisotopic (exact) mass is 288 g/mol. The number of carbonyl (C=O) groups excluding carboxylic acids is 2. The number of rotatable bonds is 0. The van der Waals surface area contributed by atoms with Crippen molar-refractivity contribution in [1.29, 1.82) is 0 Å². The first-order chi connectivity index (χ1) is 10.7. The van der Waals surface area contributed by atoms with Crippen molar-refractivity contribution >= 4 is 11.6 Å². The predicted molar refractivity (Wildman–Crippen MR) is 82.1 cm³/mol. The Morgan fingerprint density at radius 2 is 0.864 bits per heavy atom. The molecule has 0 aromatic heterocycles. The maximum absolute atomic E-state index is 12.0. The lowest BCUT2D eigenvalue weighted by molar-refractivity contribution is -0.115.